The summed E-state index contributed by atoms with van der Waals surface area (Å²) in [5, 5.41) is 6.21. The molecule has 0 saturated heterocycles. The zero-order chi connectivity index (χ0) is 9.14. The van der Waals surface area contributed by atoms with E-state index in [-0.39, 0.29) is 5.91 Å². The highest BCUT2D eigenvalue weighted by molar-refractivity contribution is 5.87. The van der Waals surface area contributed by atoms with E-state index < -0.39 is 0 Å². The average molecular weight is 168 g/mol. The van der Waals surface area contributed by atoms with E-state index >= 15 is 0 Å². The predicted molar refractivity (Wildman–Crippen MR) is 44.9 cm³/mol. The molecule has 12 heavy (non-hydrogen) atoms. The van der Waals surface area contributed by atoms with Crippen molar-refractivity contribution in [3.8, 4) is 0 Å². The Bertz CT molecular complexity index is 278. The van der Waals surface area contributed by atoms with Gasteiger partial charge in [0.15, 0.2) is 5.82 Å². The summed E-state index contributed by atoms with van der Waals surface area (Å²) < 4.78 is 4.96. The standard InChI is InChI=1S/C8H12N2O2/c1-5(2)7-4-8(10-12-7)9-6(3)11/h4-5H,1-3H3,(H,9,10,11). The molecule has 0 aliphatic carbocycles. The molecule has 0 fully saturated rings. The van der Waals surface area contributed by atoms with Gasteiger partial charge in [-0.25, -0.2) is 0 Å². The van der Waals surface area contributed by atoms with Gasteiger partial charge in [0, 0.05) is 18.9 Å². The van der Waals surface area contributed by atoms with Crippen molar-refractivity contribution in [1.82, 2.24) is 5.16 Å². The van der Waals surface area contributed by atoms with E-state index in [1.165, 1.54) is 6.92 Å². The third-order valence-electron chi connectivity index (χ3n) is 1.40. The molecule has 0 unspecified atom stereocenters. The Morgan fingerprint density at radius 2 is 2.33 bits per heavy atom. The number of amides is 1. The van der Waals surface area contributed by atoms with Crippen LogP contribution in [0.1, 0.15) is 32.4 Å². The van der Waals surface area contributed by atoms with Crippen LogP contribution in [0.3, 0.4) is 0 Å². The monoisotopic (exact) mass is 168 g/mol. The molecule has 0 aromatic carbocycles. The quantitative estimate of drug-likeness (QED) is 0.732. The fraction of sp³-hybridized carbons (Fsp3) is 0.500. The third-order valence-corrected chi connectivity index (χ3v) is 1.40. The van der Waals surface area contributed by atoms with E-state index in [4.69, 9.17) is 4.52 Å². The molecule has 0 radical (unpaired) electrons. The Balaban J connectivity index is 2.70. The zero-order valence-electron chi connectivity index (χ0n) is 7.42. The molecule has 0 spiro atoms. The van der Waals surface area contributed by atoms with Gasteiger partial charge in [0.1, 0.15) is 5.76 Å². The topological polar surface area (TPSA) is 55.1 Å². The van der Waals surface area contributed by atoms with Gasteiger partial charge in [0.05, 0.1) is 0 Å². The number of hydrogen-bond donors (Lipinski definition) is 1. The zero-order valence-corrected chi connectivity index (χ0v) is 7.42. The summed E-state index contributed by atoms with van der Waals surface area (Å²) in [6, 6.07) is 1.73. The maximum Gasteiger partial charge on any atom is 0.222 e. The molecule has 1 rings (SSSR count). The molecular weight excluding hydrogens is 156 g/mol. The normalized spacial score (nSPS) is 10.3. The molecule has 0 bridgehead atoms. The van der Waals surface area contributed by atoms with Gasteiger partial charge in [-0.2, -0.15) is 0 Å². The summed E-state index contributed by atoms with van der Waals surface area (Å²) in [5.74, 6) is 1.41. The number of nitrogens with one attached hydrogen (secondary N) is 1. The van der Waals surface area contributed by atoms with Gasteiger partial charge >= 0.3 is 0 Å². The fourth-order valence-electron chi connectivity index (χ4n) is 0.801. The number of aromatic nitrogens is 1. The van der Waals surface area contributed by atoms with E-state index in [9.17, 15) is 4.79 Å². The van der Waals surface area contributed by atoms with Gasteiger partial charge < -0.3 is 9.84 Å². The van der Waals surface area contributed by atoms with Crippen molar-refractivity contribution in [3.63, 3.8) is 0 Å². The van der Waals surface area contributed by atoms with Crippen LogP contribution in [0.15, 0.2) is 10.6 Å². The van der Waals surface area contributed by atoms with Gasteiger partial charge in [-0.15, -0.1) is 0 Å². The minimum absolute atomic E-state index is 0.140. The van der Waals surface area contributed by atoms with Crippen LogP contribution < -0.4 is 5.32 Å². The summed E-state index contributed by atoms with van der Waals surface area (Å²) in [6.07, 6.45) is 0. The van der Waals surface area contributed by atoms with Crippen LogP contribution in [0.4, 0.5) is 5.82 Å². The Kier molecular flexibility index (Phi) is 2.47. The lowest BCUT2D eigenvalue weighted by molar-refractivity contribution is -0.114. The molecule has 1 aromatic rings. The lowest BCUT2D eigenvalue weighted by atomic mass is 10.2. The Hall–Kier alpha value is -1.32. The number of carbonyl (C=O) groups excluding carboxylic acids is 1. The van der Waals surface area contributed by atoms with Crippen molar-refractivity contribution in [3.05, 3.63) is 11.8 Å². The van der Waals surface area contributed by atoms with E-state index in [0.717, 1.165) is 5.76 Å². The van der Waals surface area contributed by atoms with Crippen molar-refractivity contribution in [1.29, 1.82) is 0 Å². The summed E-state index contributed by atoms with van der Waals surface area (Å²) in [5.41, 5.74) is 0. The van der Waals surface area contributed by atoms with E-state index in [1.807, 2.05) is 13.8 Å². The SMILES string of the molecule is CC(=O)Nc1cc(C(C)C)on1. The van der Waals surface area contributed by atoms with Crippen LogP contribution in [-0.4, -0.2) is 11.1 Å². The summed E-state index contributed by atoms with van der Waals surface area (Å²) >= 11 is 0. The smallest absolute Gasteiger partial charge is 0.222 e. The molecule has 1 heterocycles. The molecule has 0 saturated carbocycles. The second-order valence-corrected chi connectivity index (χ2v) is 2.95. The minimum Gasteiger partial charge on any atom is -0.359 e. The van der Waals surface area contributed by atoms with Gasteiger partial charge in [0.2, 0.25) is 5.91 Å². The lowest BCUT2D eigenvalue weighted by Gasteiger charge is -1.93. The first-order chi connectivity index (χ1) is 5.59. The summed E-state index contributed by atoms with van der Waals surface area (Å²) in [7, 11) is 0. The molecule has 66 valence electrons. The van der Waals surface area contributed by atoms with Crippen molar-refractivity contribution in [2.45, 2.75) is 26.7 Å². The van der Waals surface area contributed by atoms with Crippen molar-refractivity contribution in [2.24, 2.45) is 0 Å². The summed E-state index contributed by atoms with van der Waals surface area (Å²) in [4.78, 5) is 10.6. The van der Waals surface area contributed by atoms with Crippen LogP contribution in [0, 0.1) is 0 Å². The molecule has 1 N–H and O–H groups in total. The number of nitrogens with zero attached hydrogens (tertiary/aromatic N) is 1. The Morgan fingerprint density at radius 1 is 1.67 bits per heavy atom. The fourth-order valence-corrected chi connectivity index (χ4v) is 0.801. The lowest BCUT2D eigenvalue weighted by Crippen LogP contribution is -2.05. The van der Waals surface area contributed by atoms with E-state index in [1.54, 1.807) is 6.07 Å². The van der Waals surface area contributed by atoms with Gasteiger partial charge in [-0.1, -0.05) is 19.0 Å². The highest BCUT2D eigenvalue weighted by Gasteiger charge is 2.07. The molecule has 4 heteroatoms. The predicted octanol–water partition coefficient (Wildman–Crippen LogP) is 1.76. The first kappa shape index (κ1) is 8.77. The van der Waals surface area contributed by atoms with Crippen LogP contribution in [-0.2, 0) is 4.79 Å². The largest absolute Gasteiger partial charge is 0.359 e. The minimum atomic E-state index is -0.140. The van der Waals surface area contributed by atoms with Crippen LogP contribution >= 0.6 is 0 Å². The Morgan fingerprint density at radius 3 is 2.75 bits per heavy atom. The Labute approximate surface area is 70.9 Å². The van der Waals surface area contributed by atoms with Crippen molar-refractivity contribution in [2.75, 3.05) is 5.32 Å². The average Bonchev–Trinajstić information content (AvgIpc) is 2.34. The molecule has 1 aromatic heterocycles. The molecule has 4 nitrogen and oxygen atoms in total. The number of anilines is 1. The molecule has 0 aliphatic heterocycles. The summed E-state index contributed by atoms with van der Waals surface area (Å²) in [6.45, 7) is 5.43. The van der Waals surface area contributed by atoms with E-state index in [2.05, 4.69) is 10.5 Å². The molecule has 0 atom stereocenters. The first-order valence-corrected chi connectivity index (χ1v) is 3.84. The third kappa shape index (κ3) is 2.08. The van der Waals surface area contributed by atoms with Crippen LogP contribution in [0.25, 0.3) is 0 Å². The first-order valence-electron chi connectivity index (χ1n) is 3.84. The molecule has 0 aliphatic rings. The van der Waals surface area contributed by atoms with Gasteiger partial charge in [0.25, 0.3) is 0 Å². The number of carbonyl (C=O) groups is 1. The molecule has 1 amide bonds. The van der Waals surface area contributed by atoms with E-state index in [0.29, 0.717) is 11.7 Å². The highest BCUT2D eigenvalue weighted by Crippen LogP contribution is 2.17. The maximum absolute atomic E-state index is 10.6. The number of rotatable bonds is 2. The number of hydrogen-bond acceptors (Lipinski definition) is 3. The van der Waals surface area contributed by atoms with Gasteiger partial charge in [-0.3, -0.25) is 4.79 Å². The van der Waals surface area contributed by atoms with Crippen molar-refractivity contribution >= 4 is 11.7 Å². The van der Waals surface area contributed by atoms with Crippen LogP contribution in [0.5, 0.6) is 0 Å². The van der Waals surface area contributed by atoms with Crippen molar-refractivity contribution < 1.29 is 9.32 Å². The van der Waals surface area contributed by atoms with Gasteiger partial charge in [-0.05, 0) is 0 Å². The second-order valence-electron chi connectivity index (χ2n) is 2.95. The highest BCUT2D eigenvalue weighted by atomic mass is 16.5. The second kappa shape index (κ2) is 3.38. The van der Waals surface area contributed by atoms with Crippen LogP contribution in [0.2, 0.25) is 0 Å². The molecular formula is C8H12N2O2. The maximum atomic E-state index is 10.6.